The van der Waals surface area contributed by atoms with E-state index in [0.717, 1.165) is 37.6 Å². The average molecular weight is 406 g/mol. The smallest absolute Gasteiger partial charge is 0.258 e. The molecule has 4 rings (SSSR count). The molecule has 1 aliphatic heterocycles. The predicted molar refractivity (Wildman–Crippen MR) is 120 cm³/mol. The number of likely N-dealkylation sites (N-methyl/N-ethyl adjacent to an activating group) is 1. The number of aliphatic imine (C=N–C) groups is 1. The Morgan fingerprint density at radius 3 is 2.53 bits per heavy atom. The van der Waals surface area contributed by atoms with Crippen molar-refractivity contribution < 1.29 is 4.39 Å². The summed E-state index contributed by atoms with van der Waals surface area (Å²) in [4.78, 5) is 24.2. The fourth-order valence-corrected chi connectivity index (χ4v) is 3.49. The lowest BCUT2D eigenvalue weighted by molar-refractivity contribution is 0.313. The minimum Gasteiger partial charge on any atom is -0.369 e. The number of piperazine rings is 1. The molecular formula is C22H23FN6O. The first-order valence-electron chi connectivity index (χ1n) is 9.72. The molecular weight excluding hydrogens is 383 g/mol. The minimum absolute atomic E-state index is 0.213. The highest BCUT2D eigenvalue weighted by molar-refractivity contribution is 6.38. The number of halogens is 1. The normalized spacial score (nSPS) is 15.9. The Hall–Kier alpha value is -3.52. The van der Waals surface area contributed by atoms with Crippen LogP contribution in [0.3, 0.4) is 0 Å². The van der Waals surface area contributed by atoms with Crippen LogP contribution in [0.4, 0.5) is 15.8 Å². The fourth-order valence-electron chi connectivity index (χ4n) is 3.49. The van der Waals surface area contributed by atoms with Crippen molar-refractivity contribution in [2.75, 3.05) is 38.1 Å². The van der Waals surface area contributed by atoms with Crippen LogP contribution in [0.2, 0.25) is 0 Å². The van der Waals surface area contributed by atoms with E-state index in [1.807, 2.05) is 24.3 Å². The molecule has 0 unspecified atom stereocenters. The number of H-pyrrole nitrogens is 1. The van der Waals surface area contributed by atoms with Crippen LogP contribution in [0.15, 0.2) is 63.4 Å². The van der Waals surface area contributed by atoms with Gasteiger partial charge in [0.05, 0.1) is 17.5 Å². The quantitative estimate of drug-likeness (QED) is 0.396. The number of aromatic amines is 1. The fraction of sp³-hybridized carbons (Fsp3) is 0.227. The van der Waals surface area contributed by atoms with Crippen LogP contribution in [0, 0.1) is 5.82 Å². The zero-order valence-corrected chi connectivity index (χ0v) is 16.7. The molecule has 1 saturated heterocycles. The molecule has 2 heterocycles. The summed E-state index contributed by atoms with van der Waals surface area (Å²) in [5.74, 6) is 5.12. The monoisotopic (exact) mass is 406 g/mol. The lowest BCUT2D eigenvalue weighted by Gasteiger charge is -2.34. The minimum atomic E-state index is -0.388. The molecule has 0 spiro atoms. The summed E-state index contributed by atoms with van der Waals surface area (Å²) in [6, 6.07) is 13.6. The van der Waals surface area contributed by atoms with Gasteiger partial charge in [0.1, 0.15) is 11.5 Å². The summed E-state index contributed by atoms with van der Waals surface area (Å²) in [7, 11) is 2.13. The Bertz CT molecular complexity index is 1160. The van der Waals surface area contributed by atoms with Gasteiger partial charge in [-0.05, 0) is 55.6 Å². The van der Waals surface area contributed by atoms with E-state index in [4.69, 9.17) is 5.84 Å². The molecule has 8 heteroatoms. The summed E-state index contributed by atoms with van der Waals surface area (Å²) >= 11 is 0. The lowest BCUT2D eigenvalue weighted by Crippen LogP contribution is -2.44. The van der Waals surface area contributed by atoms with Crippen molar-refractivity contribution in [3.8, 4) is 0 Å². The summed E-state index contributed by atoms with van der Waals surface area (Å²) in [5.41, 5.74) is 2.49. The van der Waals surface area contributed by atoms with Gasteiger partial charge in [0.2, 0.25) is 0 Å². The van der Waals surface area contributed by atoms with Crippen LogP contribution in [-0.2, 0) is 0 Å². The summed E-state index contributed by atoms with van der Waals surface area (Å²) in [6.45, 7) is 4.07. The molecule has 2 aromatic carbocycles. The Kier molecular flexibility index (Phi) is 5.58. The van der Waals surface area contributed by atoms with E-state index >= 15 is 0 Å². The van der Waals surface area contributed by atoms with Crippen molar-refractivity contribution >= 4 is 34.2 Å². The molecule has 0 radical (unpaired) electrons. The van der Waals surface area contributed by atoms with Gasteiger partial charge >= 0.3 is 0 Å². The highest BCUT2D eigenvalue weighted by Crippen LogP contribution is 2.21. The van der Waals surface area contributed by atoms with Crippen LogP contribution in [0.1, 0.15) is 5.56 Å². The van der Waals surface area contributed by atoms with Crippen LogP contribution in [0.25, 0.3) is 10.9 Å². The average Bonchev–Trinajstić information content (AvgIpc) is 2.76. The molecule has 1 aromatic heterocycles. The van der Waals surface area contributed by atoms with E-state index in [1.165, 1.54) is 24.4 Å². The highest BCUT2D eigenvalue weighted by Gasteiger charge is 2.14. The molecule has 30 heavy (non-hydrogen) atoms. The first kappa shape index (κ1) is 19.8. The molecule has 0 saturated carbocycles. The number of hydrogen-bond donors (Lipinski definition) is 2. The van der Waals surface area contributed by atoms with Crippen LogP contribution < -0.4 is 16.3 Å². The van der Waals surface area contributed by atoms with Gasteiger partial charge in [0.15, 0.2) is 0 Å². The van der Waals surface area contributed by atoms with Crippen molar-refractivity contribution in [3.05, 3.63) is 70.3 Å². The van der Waals surface area contributed by atoms with Gasteiger partial charge < -0.3 is 20.6 Å². The lowest BCUT2D eigenvalue weighted by atomic mass is 10.1. The van der Waals surface area contributed by atoms with Gasteiger partial charge in [0, 0.05) is 42.8 Å². The molecule has 7 nitrogen and oxygen atoms in total. The third kappa shape index (κ3) is 4.23. The Morgan fingerprint density at radius 2 is 1.83 bits per heavy atom. The number of hydrazone groups is 1. The zero-order valence-electron chi connectivity index (χ0n) is 16.7. The van der Waals surface area contributed by atoms with Gasteiger partial charge in [-0.1, -0.05) is 0 Å². The number of nitrogens with two attached hydrogens (primary N) is 1. The first-order valence-corrected chi connectivity index (χ1v) is 9.72. The highest BCUT2D eigenvalue weighted by atomic mass is 19.1. The van der Waals surface area contributed by atoms with E-state index in [0.29, 0.717) is 10.9 Å². The molecule has 3 aromatic rings. The number of rotatable bonds is 4. The summed E-state index contributed by atoms with van der Waals surface area (Å²) in [6.07, 6.45) is 1.45. The topological polar surface area (TPSA) is 90.1 Å². The van der Waals surface area contributed by atoms with E-state index < -0.39 is 0 Å². The second kappa shape index (κ2) is 8.46. The van der Waals surface area contributed by atoms with Crippen molar-refractivity contribution in [3.63, 3.8) is 0 Å². The van der Waals surface area contributed by atoms with Crippen molar-refractivity contribution in [2.45, 2.75) is 0 Å². The molecule has 3 N–H and O–H groups in total. The first-order chi connectivity index (χ1) is 14.5. The predicted octanol–water partition coefficient (Wildman–Crippen LogP) is 2.48. The number of pyridine rings is 1. The van der Waals surface area contributed by atoms with Crippen molar-refractivity contribution in [2.24, 2.45) is 15.9 Å². The van der Waals surface area contributed by atoms with Crippen molar-refractivity contribution in [1.29, 1.82) is 0 Å². The molecule has 0 aliphatic carbocycles. The van der Waals surface area contributed by atoms with Crippen LogP contribution in [0.5, 0.6) is 0 Å². The number of hydrogen-bond acceptors (Lipinski definition) is 6. The number of anilines is 1. The van der Waals surface area contributed by atoms with Crippen LogP contribution >= 0.6 is 0 Å². The maximum atomic E-state index is 13.5. The molecule has 0 atom stereocenters. The molecule has 0 bridgehead atoms. The number of benzene rings is 2. The van der Waals surface area contributed by atoms with Gasteiger partial charge in [-0.15, -0.1) is 0 Å². The van der Waals surface area contributed by atoms with Gasteiger partial charge in [-0.25, -0.2) is 4.39 Å². The van der Waals surface area contributed by atoms with Gasteiger partial charge in [-0.3, -0.25) is 9.79 Å². The number of nitrogens with one attached hydrogen (secondary N) is 1. The van der Waals surface area contributed by atoms with Gasteiger partial charge in [-0.2, -0.15) is 5.10 Å². The Labute approximate surface area is 173 Å². The molecule has 154 valence electrons. The SMILES string of the molecule is CN1CCN(c2ccc(N=CC(=NN)c3cc4cc(F)ccc4[nH]c3=O)cc2)CC1. The maximum absolute atomic E-state index is 13.5. The standard InChI is InChI=1S/C22H23FN6O/c1-28-8-10-29(11-9-28)18-5-3-17(4-6-18)25-14-21(27-24)19-13-15-12-16(23)2-7-20(15)26-22(19)30/h2-7,12-14H,8-11,24H2,1H3,(H,26,30). The maximum Gasteiger partial charge on any atom is 0.258 e. The third-order valence-corrected chi connectivity index (χ3v) is 5.28. The largest absolute Gasteiger partial charge is 0.369 e. The number of nitrogens with zero attached hydrogens (tertiary/aromatic N) is 4. The third-order valence-electron chi connectivity index (χ3n) is 5.28. The second-order valence-corrected chi connectivity index (χ2v) is 7.32. The van der Waals surface area contributed by atoms with Crippen molar-refractivity contribution in [1.82, 2.24) is 9.88 Å². The Balaban J connectivity index is 1.54. The van der Waals surface area contributed by atoms with E-state index in [2.05, 4.69) is 31.9 Å². The van der Waals surface area contributed by atoms with Gasteiger partial charge in [0.25, 0.3) is 5.56 Å². The second-order valence-electron chi connectivity index (χ2n) is 7.32. The van der Waals surface area contributed by atoms with E-state index in [-0.39, 0.29) is 22.7 Å². The summed E-state index contributed by atoms with van der Waals surface area (Å²) < 4.78 is 13.5. The molecule has 0 amide bonds. The van der Waals surface area contributed by atoms with E-state index in [9.17, 15) is 9.18 Å². The number of fused-ring (bicyclic) bond motifs is 1. The zero-order chi connectivity index (χ0) is 21.1. The van der Waals surface area contributed by atoms with E-state index in [1.54, 1.807) is 6.07 Å². The summed E-state index contributed by atoms with van der Waals surface area (Å²) in [5, 5.41) is 4.25. The molecule has 1 aliphatic rings. The number of aromatic nitrogens is 1. The van der Waals surface area contributed by atoms with Crippen LogP contribution in [-0.4, -0.2) is 55.0 Å². The Morgan fingerprint density at radius 1 is 1.10 bits per heavy atom. The molecule has 1 fully saturated rings.